The largest absolute Gasteiger partial charge is 0.219 e. The molecule has 0 radical (unpaired) electrons. The van der Waals surface area contributed by atoms with Gasteiger partial charge in [-0.25, -0.2) is 8.42 Å². The fourth-order valence-electron chi connectivity index (χ4n) is 2.55. The van der Waals surface area contributed by atoms with Crippen molar-refractivity contribution in [3.63, 3.8) is 0 Å². The third-order valence-electron chi connectivity index (χ3n) is 3.85. The van der Waals surface area contributed by atoms with Gasteiger partial charge in [-0.2, -0.15) is 0 Å². The van der Waals surface area contributed by atoms with Gasteiger partial charge in [0.1, 0.15) is 0 Å². The topological polar surface area (TPSA) is 34.1 Å². The third-order valence-corrected chi connectivity index (χ3v) is 5.85. The van der Waals surface area contributed by atoms with Gasteiger partial charge in [-0.1, -0.05) is 55.2 Å². The summed E-state index contributed by atoms with van der Waals surface area (Å²) >= 11 is 0. The molecular weight excluding hydrogens is 304 g/mol. The highest BCUT2D eigenvalue weighted by atomic mass is 32.2. The van der Waals surface area contributed by atoms with Crippen LogP contribution in [-0.2, 0) is 9.84 Å². The van der Waals surface area contributed by atoms with Crippen molar-refractivity contribution in [2.75, 3.05) is 0 Å². The Hall–Kier alpha value is -1.61. The Morgan fingerprint density at radius 2 is 1.65 bits per heavy atom. The molecule has 0 saturated heterocycles. The highest BCUT2D eigenvalue weighted by Crippen LogP contribution is 2.29. The Morgan fingerprint density at radius 1 is 1.04 bits per heavy atom. The standard InChI is InChI=1S/C20H28O2S/c1-5-8-9-12-18(10-6-2)20(11-7-3)23(21,22)19-15-13-17(4)14-16-19/h6-7,13-16H,2-3,5,8-12H2,1,4H3/b20-18-. The highest BCUT2D eigenvalue weighted by molar-refractivity contribution is 7.95. The Labute approximate surface area is 141 Å². The molecule has 0 amide bonds. The molecule has 0 atom stereocenters. The molecule has 3 heteroatoms. The molecule has 2 nitrogen and oxygen atoms in total. The van der Waals surface area contributed by atoms with Crippen LogP contribution in [0.1, 0.15) is 51.0 Å². The first-order valence-corrected chi connectivity index (χ1v) is 9.70. The lowest BCUT2D eigenvalue weighted by Crippen LogP contribution is -2.08. The molecule has 1 aromatic rings. The molecule has 0 N–H and O–H groups in total. The maximum atomic E-state index is 13.0. The van der Waals surface area contributed by atoms with E-state index < -0.39 is 9.84 Å². The van der Waals surface area contributed by atoms with Crippen LogP contribution in [0.15, 0.2) is 64.9 Å². The van der Waals surface area contributed by atoms with Crippen LogP contribution >= 0.6 is 0 Å². The van der Waals surface area contributed by atoms with Gasteiger partial charge in [0, 0.05) is 6.42 Å². The van der Waals surface area contributed by atoms with Crippen LogP contribution in [-0.4, -0.2) is 8.42 Å². The van der Waals surface area contributed by atoms with Gasteiger partial charge < -0.3 is 0 Å². The molecule has 0 aliphatic carbocycles. The Morgan fingerprint density at radius 3 is 2.17 bits per heavy atom. The number of rotatable bonds is 10. The van der Waals surface area contributed by atoms with E-state index >= 15 is 0 Å². The van der Waals surface area contributed by atoms with Crippen LogP contribution in [0.2, 0.25) is 0 Å². The van der Waals surface area contributed by atoms with Crippen molar-refractivity contribution in [1.29, 1.82) is 0 Å². The van der Waals surface area contributed by atoms with E-state index in [4.69, 9.17) is 0 Å². The summed E-state index contributed by atoms with van der Waals surface area (Å²) in [6.45, 7) is 11.6. The van der Waals surface area contributed by atoms with Crippen LogP contribution in [0, 0.1) is 6.92 Å². The van der Waals surface area contributed by atoms with Gasteiger partial charge in [0.15, 0.2) is 0 Å². The fraction of sp³-hybridized carbons (Fsp3) is 0.400. The van der Waals surface area contributed by atoms with Crippen LogP contribution in [0.25, 0.3) is 0 Å². The van der Waals surface area contributed by atoms with Gasteiger partial charge in [-0.3, -0.25) is 0 Å². The van der Waals surface area contributed by atoms with Gasteiger partial charge in [0.2, 0.25) is 9.84 Å². The van der Waals surface area contributed by atoms with Crippen LogP contribution in [0.5, 0.6) is 0 Å². The molecule has 126 valence electrons. The number of hydrogen-bond donors (Lipinski definition) is 0. The normalized spacial score (nSPS) is 12.6. The minimum absolute atomic E-state index is 0.358. The predicted molar refractivity (Wildman–Crippen MR) is 99.2 cm³/mol. The van der Waals surface area contributed by atoms with Crippen molar-refractivity contribution >= 4 is 9.84 Å². The maximum absolute atomic E-state index is 13.0. The second kappa shape index (κ2) is 9.51. The van der Waals surface area contributed by atoms with Crippen molar-refractivity contribution in [3.8, 4) is 0 Å². The van der Waals surface area contributed by atoms with Gasteiger partial charge >= 0.3 is 0 Å². The summed E-state index contributed by atoms with van der Waals surface area (Å²) in [7, 11) is -3.48. The summed E-state index contributed by atoms with van der Waals surface area (Å²) in [6, 6.07) is 7.04. The van der Waals surface area contributed by atoms with E-state index in [1.807, 2.05) is 19.1 Å². The van der Waals surface area contributed by atoms with Crippen molar-refractivity contribution in [2.45, 2.75) is 57.3 Å². The van der Waals surface area contributed by atoms with E-state index in [9.17, 15) is 8.42 Å². The minimum atomic E-state index is -3.48. The van der Waals surface area contributed by atoms with Crippen LogP contribution in [0.3, 0.4) is 0 Å². The SMILES string of the molecule is C=CC/C(CCCCC)=C(\CC=C)S(=O)(=O)c1ccc(C)cc1. The first-order valence-electron chi connectivity index (χ1n) is 8.21. The van der Waals surface area contributed by atoms with E-state index in [0.29, 0.717) is 22.6 Å². The van der Waals surface area contributed by atoms with Crippen molar-refractivity contribution < 1.29 is 8.42 Å². The summed E-state index contributed by atoms with van der Waals surface area (Å²) in [5.74, 6) is 0. The molecule has 1 aromatic carbocycles. The van der Waals surface area contributed by atoms with E-state index in [-0.39, 0.29) is 0 Å². The van der Waals surface area contributed by atoms with E-state index in [0.717, 1.165) is 36.8 Å². The number of allylic oxidation sites excluding steroid dienone is 4. The predicted octanol–water partition coefficient (Wildman–Crippen LogP) is 5.76. The molecule has 0 aliphatic rings. The zero-order chi connectivity index (χ0) is 17.3. The smallest absolute Gasteiger partial charge is 0.203 e. The molecule has 1 rings (SSSR count). The monoisotopic (exact) mass is 332 g/mol. The van der Waals surface area contributed by atoms with Gasteiger partial charge in [0.05, 0.1) is 9.80 Å². The van der Waals surface area contributed by atoms with Crippen molar-refractivity contribution in [1.82, 2.24) is 0 Å². The molecule has 0 heterocycles. The molecule has 0 spiro atoms. The first kappa shape index (κ1) is 19.4. The Kier molecular flexibility index (Phi) is 8.04. The Bertz CT molecular complexity index is 649. The Balaban J connectivity index is 3.32. The summed E-state index contributed by atoms with van der Waals surface area (Å²) in [6.07, 6.45) is 8.45. The average molecular weight is 333 g/mol. The zero-order valence-electron chi connectivity index (χ0n) is 14.3. The molecule has 0 bridgehead atoms. The molecule has 0 unspecified atom stereocenters. The molecule has 0 fully saturated rings. The minimum Gasteiger partial charge on any atom is -0.219 e. The summed E-state index contributed by atoms with van der Waals surface area (Å²) in [5, 5.41) is 0. The number of sulfone groups is 1. The second-order valence-corrected chi connectivity index (χ2v) is 7.76. The summed E-state index contributed by atoms with van der Waals surface area (Å²) < 4.78 is 26.1. The molecule has 23 heavy (non-hydrogen) atoms. The lowest BCUT2D eigenvalue weighted by atomic mass is 10.0. The van der Waals surface area contributed by atoms with Crippen LogP contribution < -0.4 is 0 Å². The number of benzene rings is 1. The second-order valence-electron chi connectivity index (χ2n) is 5.79. The highest BCUT2D eigenvalue weighted by Gasteiger charge is 2.22. The number of unbranched alkanes of at least 4 members (excludes halogenated alkanes) is 2. The quantitative estimate of drug-likeness (QED) is 0.403. The molecular formula is C20H28O2S. The third kappa shape index (κ3) is 5.51. The molecule has 0 aliphatic heterocycles. The van der Waals surface area contributed by atoms with Gasteiger partial charge in [0.25, 0.3) is 0 Å². The molecule has 0 saturated carbocycles. The number of aryl methyl sites for hydroxylation is 1. The molecule has 0 aromatic heterocycles. The lowest BCUT2D eigenvalue weighted by Gasteiger charge is -2.14. The van der Waals surface area contributed by atoms with Crippen LogP contribution in [0.4, 0.5) is 0 Å². The zero-order valence-corrected chi connectivity index (χ0v) is 15.2. The lowest BCUT2D eigenvalue weighted by molar-refractivity contribution is 0.599. The van der Waals surface area contributed by atoms with Crippen molar-refractivity contribution in [3.05, 3.63) is 65.6 Å². The van der Waals surface area contributed by atoms with E-state index in [1.165, 1.54) is 0 Å². The fourth-order valence-corrected chi connectivity index (χ4v) is 4.23. The maximum Gasteiger partial charge on any atom is 0.203 e. The summed E-state index contributed by atoms with van der Waals surface area (Å²) in [4.78, 5) is 0.851. The van der Waals surface area contributed by atoms with E-state index in [1.54, 1.807) is 24.3 Å². The number of hydrogen-bond acceptors (Lipinski definition) is 2. The van der Waals surface area contributed by atoms with E-state index in [2.05, 4.69) is 20.1 Å². The van der Waals surface area contributed by atoms with Crippen molar-refractivity contribution in [2.24, 2.45) is 0 Å². The first-order chi connectivity index (χ1) is 11.0. The summed E-state index contributed by atoms with van der Waals surface area (Å²) in [5.41, 5.74) is 2.02. The van der Waals surface area contributed by atoms with Gasteiger partial charge in [-0.05, 0) is 38.3 Å². The van der Waals surface area contributed by atoms with Gasteiger partial charge in [-0.15, -0.1) is 13.2 Å². The average Bonchev–Trinajstić information content (AvgIpc) is 2.52.